The van der Waals surface area contributed by atoms with Crippen molar-refractivity contribution in [2.24, 2.45) is 5.92 Å². The Kier molecular flexibility index (Phi) is 12.7. The van der Waals surface area contributed by atoms with Crippen molar-refractivity contribution in [2.45, 2.75) is 94.9 Å². The molecular formula is C34H49F2N5O7. The molecule has 48 heavy (non-hydrogen) atoms. The summed E-state index contributed by atoms with van der Waals surface area (Å²) in [6.07, 6.45) is -1.01. The Balaban J connectivity index is 1.44. The van der Waals surface area contributed by atoms with Gasteiger partial charge in [-0.1, -0.05) is 44.2 Å². The zero-order chi connectivity index (χ0) is 35.0. The van der Waals surface area contributed by atoms with E-state index < -0.39 is 66.3 Å². The zero-order valence-electron chi connectivity index (χ0n) is 28.1. The Bertz CT molecular complexity index is 1290. The van der Waals surface area contributed by atoms with E-state index in [2.05, 4.69) is 21.3 Å². The fourth-order valence-corrected chi connectivity index (χ4v) is 6.10. The summed E-state index contributed by atoms with van der Waals surface area (Å²) in [6.45, 7) is 7.39. The van der Waals surface area contributed by atoms with Crippen molar-refractivity contribution < 1.29 is 42.2 Å². The number of hydrogen-bond donors (Lipinski definition) is 4. The molecule has 0 spiro atoms. The summed E-state index contributed by atoms with van der Waals surface area (Å²) in [4.78, 5) is 68.3. The summed E-state index contributed by atoms with van der Waals surface area (Å²) in [6, 6.07) is 7.50. The molecule has 0 unspecified atom stereocenters. The molecule has 1 aliphatic carbocycles. The largest absolute Gasteiger partial charge is 0.379 e. The molecule has 0 radical (unpaired) electrons. The number of amides is 4. The third kappa shape index (κ3) is 10.8. The zero-order valence-corrected chi connectivity index (χ0v) is 28.1. The number of nitrogens with zero attached hydrogens (tertiary/aromatic N) is 1. The number of benzene rings is 1. The van der Waals surface area contributed by atoms with Crippen LogP contribution in [-0.4, -0.2) is 109 Å². The van der Waals surface area contributed by atoms with E-state index >= 15 is 0 Å². The molecule has 2 saturated heterocycles. The maximum atomic E-state index is 14.3. The van der Waals surface area contributed by atoms with Crippen molar-refractivity contribution in [3.8, 4) is 0 Å². The molecule has 0 aromatic heterocycles. The third-order valence-corrected chi connectivity index (χ3v) is 9.19. The summed E-state index contributed by atoms with van der Waals surface area (Å²) in [5, 5.41) is 10.7. The first-order chi connectivity index (χ1) is 22.7. The molecule has 1 aromatic carbocycles. The highest BCUT2D eigenvalue weighted by Gasteiger charge is 2.51. The summed E-state index contributed by atoms with van der Waals surface area (Å²) >= 11 is 0. The standard InChI is InChI=1S/C34H49F2N5O7/c1-23(2)19-26(29(44)32(3)22-48-32)39-27(42)20-37-31(46)33(11-13-34(35,36)14-12-33)40-30(45)25(10-9-24-7-5-4-6-8-24)38-28(43)21-41-15-17-47-18-16-41/h4-8,23,25-26H,9-22H2,1-3H3,(H,37,46)(H,38,43)(H,39,42)(H,40,45)/t25-,26-,32+/m0/s1. The third-order valence-electron chi connectivity index (χ3n) is 9.19. The molecule has 2 aliphatic heterocycles. The Morgan fingerprint density at radius 2 is 1.54 bits per heavy atom. The van der Waals surface area contributed by atoms with Gasteiger partial charge in [0.05, 0.1) is 39.0 Å². The van der Waals surface area contributed by atoms with Gasteiger partial charge in [0.1, 0.15) is 17.2 Å². The van der Waals surface area contributed by atoms with Crippen molar-refractivity contribution in [2.75, 3.05) is 46.0 Å². The molecule has 4 amide bonds. The quantitative estimate of drug-likeness (QED) is 0.192. The van der Waals surface area contributed by atoms with Crippen molar-refractivity contribution >= 4 is 29.4 Å². The van der Waals surface area contributed by atoms with Crippen molar-refractivity contribution in [1.82, 2.24) is 26.2 Å². The van der Waals surface area contributed by atoms with E-state index in [4.69, 9.17) is 9.47 Å². The van der Waals surface area contributed by atoms with Gasteiger partial charge in [0, 0.05) is 25.9 Å². The number of ether oxygens (including phenoxy) is 2. The molecule has 4 N–H and O–H groups in total. The van der Waals surface area contributed by atoms with E-state index in [0.717, 1.165) is 5.56 Å². The monoisotopic (exact) mass is 677 g/mol. The smallest absolute Gasteiger partial charge is 0.248 e. The van der Waals surface area contributed by atoms with E-state index in [1.807, 2.05) is 49.1 Å². The number of epoxide rings is 1. The van der Waals surface area contributed by atoms with Crippen LogP contribution >= 0.6 is 0 Å². The van der Waals surface area contributed by atoms with Crippen LogP contribution in [0.2, 0.25) is 0 Å². The molecule has 4 rings (SSSR count). The van der Waals surface area contributed by atoms with Crippen molar-refractivity contribution in [3.63, 3.8) is 0 Å². The minimum absolute atomic E-state index is 0.0526. The van der Waals surface area contributed by atoms with Crippen molar-refractivity contribution in [3.05, 3.63) is 35.9 Å². The maximum absolute atomic E-state index is 14.3. The SMILES string of the molecule is CC(C)C[C@H](NC(=O)CNC(=O)C1(NC(=O)[C@H](CCc2ccccc2)NC(=O)CN2CCOCC2)CCC(F)(F)CC1)C(=O)[C@@]1(C)CO1. The topological polar surface area (TPSA) is 158 Å². The Labute approximate surface area is 280 Å². The molecule has 3 fully saturated rings. The van der Waals surface area contributed by atoms with Gasteiger partial charge in [-0.05, 0) is 50.5 Å². The number of hydrogen-bond acceptors (Lipinski definition) is 8. The average molecular weight is 678 g/mol. The molecule has 2 heterocycles. The lowest BCUT2D eigenvalue weighted by Crippen LogP contribution is -2.65. The normalized spacial score (nSPS) is 23.0. The molecule has 0 bridgehead atoms. The van der Waals surface area contributed by atoms with Gasteiger partial charge in [-0.25, -0.2) is 8.78 Å². The van der Waals surface area contributed by atoms with Gasteiger partial charge in [-0.3, -0.25) is 28.9 Å². The van der Waals surface area contributed by atoms with Gasteiger partial charge in [0.2, 0.25) is 29.6 Å². The van der Waals surface area contributed by atoms with Gasteiger partial charge in [0.15, 0.2) is 5.78 Å². The highest BCUT2D eigenvalue weighted by molar-refractivity contribution is 5.98. The Morgan fingerprint density at radius 3 is 2.15 bits per heavy atom. The minimum atomic E-state index is -3.02. The van der Waals surface area contributed by atoms with E-state index in [9.17, 15) is 32.8 Å². The van der Waals surface area contributed by atoms with E-state index in [1.54, 1.807) is 6.92 Å². The van der Waals surface area contributed by atoms with E-state index in [0.29, 0.717) is 39.1 Å². The summed E-state index contributed by atoms with van der Waals surface area (Å²) in [5.74, 6) is -5.67. The molecule has 3 atom stereocenters. The van der Waals surface area contributed by atoms with Gasteiger partial charge < -0.3 is 30.7 Å². The van der Waals surface area contributed by atoms with Gasteiger partial charge >= 0.3 is 0 Å². The minimum Gasteiger partial charge on any atom is -0.379 e. The number of rotatable bonds is 16. The van der Waals surface area contributed by atoms with E-state index in [1.165, 1.54) is 0 Å². The number of halogens is 2. The van der Waals surface area contributed by atoms with Crippen LogP contribution in [0.25, 0.3) is 0 Å². The second kappa shape index (κ2) is 16.3. The highest BCUT2D eigenvalue weighted by atomic mass is 19.3. The number of alkyl halides is 2. The van der Waals surface area contributed by atoms with Crippen LogP contribution in [0, 0.1) is 5.92 Å². The number of morpholine rings is 1. The van der Waals surface area contributed by atoms with Crippen LogP contribution in [0.1, 0.15) is 64.9 Å². The van der Waals surface area contributed by atoms with Crippen LogP contribution < -0.4 is 21.3 Å². The number of aryl methyl sites for hydroxylation is 1. The first-order valence-electron chi connectivity index (χ1n) is 16.8. The fourth-order valence-electron chi connectivity index (χ4n) is 6.10. The highest BCUT2D eigenvalue weighted by Crippen LogP contribution is 2.39. The Hall–Kier alpha value is -3.49. The molecule has 1 aromatic rings. The summed E-state index contributed by atoms with van der Waals surface area (Å²) in [7, 11) is 0. The number of carbonyl (C=O) groups is 5. The lowest BCUT2D eigenvalue weighted by Gasteiger charge is -2.40. The number of nitrogens with one attached hydrogen (secondary N) is 4. The average Bonchev–Trinajstić information content (AvgIpc) is 3.81. The first kappa shape index (κ1) is 37.3. The molecule has 266 valence electrons. The lowest BCUT2D eigenvalue weighted by molar-refractivity contribution is -0.142. The Morgan fingerprint density at radius 1 is 0.917 bits per heavy atom. The van der Waals surface area contributed by atoms with Crippen LogP contribution in [0.15, 0.2) is 30.3 Å². The van der Waals surface area contributed by atoms with Crippen LogP contribution in [0.3, 0.4) is 0 Å². The van der Waals surface area contributed by atoms with Crippen molar-refractivity contribution in [1.29, 1.82) is 0 Å². The van der Waals surface area contributed by atoms with Crippen LogP contribution in [0.4, 0.5) is 8.78 Å². The first-order valence-corrected chi connectivity index (χ1v) is 16.8. The maximum Gasteiger partial charge on any atom is 0.248 e. The molecule has 14 heteroatoms. The van der Waals surface area contributed by atoms with Crippen LogP contribution in [0.5, 0.6) is 0 Å². The second-order valence-corrected chi connectivity index (χ2v) is 13.8. The molecule has 3 aliphatic rings. The predicted octanol–water partition coefficient (Wildman–Crippen LogP) is 1.51. The fraction of sp³-hybridized carbons (Fsp3) is 0.676. The number of carbonyl (C=O) groups excluding carboxylic acids is 5. The molecular weight excluding hydrogens is 628 g/mol. The van der Waals surface area contributed by atoms with Gasteiger partial charge in [-0.15, -0.1) is 0 Å². The number of ketones is 1. The van der Waals surface area contributed by atoms with E-state index in [-0.39, 0.29) is 50.0 Å². The van der Waals surface area contributed by atoms with Gasteiger partial charge in [0.25, 0.3) is 0 Å². The summed E-state index contributed by atoms with van der Waals surface area (Å²) in [5.41, 5.74) is -1.75. The molecule has 1 saturated carbocycles. The lowest BCUT2D eigenvalue weighted by atomic mass is 9.78. The number of Topliss-reactive ketones (excluding diaryl/α,β-unsaturated/α-hetero) is 1. The van der Waals surface area contributed by atoms with Gasteiger partial charge in [-0.2, -0.15) is 0 Å². The predicted molar refractivity (Wildman–Crippen MR) is 172 cm³/mol. The molecule has 12 nitrogen and oxygen atoms in total. The second-order valence-electron chi connectivity index (χ2n) is 13.8. The summed E-state index contributed by atoms with van der Waals surface area (Å²) < 4.78 is 39.3. The van der Waals surface area contributed by atoms with Crippen LogP contribution in [-0.2, 0) is 39.9 Å².